The van der Waals surface area contributed by atoms with Crippen molar-refractivity contribution < 1.29 is 9.53 Å². The topological polar surface area (TPSA) is 69.4 Å². The summed E-state index contributed by atoms with van der Waals surface area (Å²) in [5.41, 5.74) is 6.50. The Morgan fingerprint density at radius 3 is 2.44 bits per heavy atom. The Hall–Kier alpha value is -3.61. The van der Waals surface area contributed by atoms with Crippen molar-refractivity contribution in [3.8, 4) is 5.75 Å². The molecule has 2 aromatic carbocycles. The van der Waals surface area contributed by atoms with Gasteiger partial charge in [0.2, 0.25) is 5.91 Å². The first-order valence-electron chi connectivity index (χ1n) is 14.8. The third-order valence-electron chi connectivity index (χ3n) is 6.84. The van der Waals surface area contributed by atoms with Crippen molar-refractivity contribution in [3.63, 3.8) is 0 Å². The van der Waals surface area contributed by atoms with Crippen LogP contribution in [-0.4, -0.2) is 50.1 Å². The maximum atomic E-state index is 12.5. The molecule has 1 aliphatic heterocycles. The molecule has 0 bridgehead atoms. The van der Waals surface area contributed by atoms with Gasteiger partial charge >= 0.3 is 0 Å². The lowest BCUT2D eigenvalue weighted by molar-refractivity contribution is -0.116. The molecule has 222 valence electrons. The fraction of sp³-hybridized carbons (Fsp3) is 0.400. The SMILES string of the molecule is C=Cc1[nH]cc(CCC(=O)Nc2cc(CN(C)C)ccc2OC)c1/C=C\C.CC.c1ccc(C2CCNCC2)cc1. The number of ether oxygens (including phenoxy) is 1. The summed E-state index contributed by atoms with van der Waals surface area (Å²) in [5, 5.41) is 6.37. The van der Waals surface area contributed by atoms with E-state index < -0.39 is 0 Å². The van der Waals surface area contributed by atoms with Crippen molar-refractivity contribution in [1.82, 2.24) is 15.2 Å². The number of aromatic amines is 1. The van der Waals surface area contributed by atoms with Gasteiger partial charge < -0.3 is 25.3 Å². The number of rotatable bonds is 10. The van der Waals surface area contributed by atoms with Gasteiger partial charge in [-0.2, -0.15) is 0 Å². The maximum absolute atomic E-state index is 12.5. The second kappa shape index (κ2) is 18.7. The first-order chi connectivity index (χ1) is 19.9. The van der Waals surface area contributed by atoms with Crippen LogP contribution in [-0.2, 0) is 17.8 Å². The first kappa shape index (κ1) is 33.6. The van der Waals surface area contributed by atoms with E-state index in [0.29, 0.717) is 24.3 Å². The van der Waals surface area contributed by atoms with Crippen LogP contribution in [0.15, 0.2) is 67.4 Å². The number of carbonyl (C=O) groups excluding carboxylic acids is 1. The summed E-state index contributed by atoms with van der Waals surface area (Å²) in [5.74, 6) is 1.42. The van der Waals surface area contributed by atoms with Crippen LogP contribution in [0.3, 0.4) is 0 Å². The van der Waals surface area contributed by atoms with E-state index in [1.54, 1.807) is 13.2 Å². The second-order valence-corrected chi connectivity index (χ2v) is 10.1. The fourth-order valence-electron chi connectivity index (χ4n) is 4.89. The largest absolute Gasteiger partial charge is 0.495 e. The summed E-state index contributed by atoms with van der Waals surface area (Å²) in [6.45, 7) is 13.0. The van der Waals surface area contributed by atoms with Crippen LogP contribution in [0, 0.1) is 0 Å². The van der Waals surface area contributed by atoms with Gasteiger partial charge in [-0.1, -0.05) is 69.0 Å². The summed E-state index contributed by atoms with van der Waals surface area (Å²) in [6, 6.07) is 16.7. The normalized spacial score (nSPS) is 13.1. The number of hydrogen-bond acceptors (Lipinski definition) is 4. The number of nitrogens with one attached hydrogen (secondary N) is 3. The Morgan fingerprint density at radius 1 is 1.12 bits per heavy atom. The Labute approximate surface area is 247 Å². The zero-order chi connectivity index (χ0) is 30.0. The monoisotopic (exact) mass is 558 g/mol. The number of allylic oxidation sites excluding steroid dienone is 1. The number of anilines is 1. The Morgan fingerprint density at radius 2 is 1.83 bits per heavy atom. The Balaban J connectivity index is 0.000000346. The quantitative estimate of drug-likeness (QED) is 0.241. The third-order valence-corrected chi connectivity index (χ3v) is 6.84. The average molecular weight is 559 g/mol. The van der Waals surface area contributed by atoms with E-state index in [9.17, 15) is 4.79 Å². The number of aryl methyl sites for hydroxylation is 1. The van der Waals surface area contributed by atoms with Gasteiger partial charge in [-0.05, 0) is 94.2 Å². The molecule has 6 nitrogen and oxygen atoms in total. The zero-order valence-corrected chi connectivity index (χ0v) is 25.9. The number of piperidine rings is 1. The standard InChI is InChI=1S/C22H29N3O2.C11H15N.C2H6/c1-6-8-18-17(14-23-19(18)7-2)10-12-22(26)24-20-13-16(15-25(3)4)9-11-21(20)27-5;1-2-4-10(5-3-1)11-6-8-12-9-7-11;1-2/h6-9,11,13-14,23H,2,10,12,15H2,1,3-5H3,(H,24,26);1-5,11-12H,6-9H2;1-2H3/b8-6-;;. The van der Waals surface area contributed by atoms with Gasteiger partial charge in [0.15, 0.2) is 0 Å². The highest BCUT2D eigenvalue weighted by Gasteiger charge is 2.14. The molecular formula is C35H50N4O2. The van der Waals surface area contributed by atoms with Crippen LogP contribution in [0.4, 0.5) is 5.69 Å². The van der Waals surface area contributed by atoms with E-state index in [4.69, 9.17) is 4.74 Å². The molecule has 41 heavy (non-hydrogen) atoms. The number of H-pyrrole nitrogens is 1. The van der Waals surface area contributed by atoms with Gasteiger partial charge in [0.25, 0.3) is 0 Å². The minimum atomic E-state index is -0.0388. The highest BCUT2D eigenvalue weighted by molar-refractivity contribution is 5.92. The molecule has 3 aromatic rings. The van der Waals surface area contributed by atoms with Crippen molar-refractivity contribution in [1.29, 1.82) is 0 Å². The summed E-state index contributed by atoms with van der Waals surface area (Å²) >= 11 is 0. The molecule has 1 amide bonds. The number of carbonyl (C=O) groups is 1. The molecule has 0 aliphatic carbocycles. The molecule has 6 heteroatoms. The molecule has 0 radical (unpaired) electrons. The molecule has 2 heterocycles. The Bertz CT molecular complexity index is 1210. The molecule has 0 saturated carbocycles. The average Bonchev–Trinajstić information content (AvgIpc) is 3.40. The van der Waals surface area contributed by atoms with E-state index in [1.807, 2.05) is 71.4 Å². The predicted molar refractivity (Wildman–Crippen MR) is 176 cm³/mol. The van der Waals surface area contributed by atoms with Crippen LogP contribution in [0.25, 0.3) is 12.2 Å². The molecule has 3 N–H and O–H groups in total. The molecule has 1 saturated heterocycles. The van der Waals surface area contributed by atoms with Gasteiger partial charge in [0, 0.05) is 30.4 Å². The molecule has 1 aliphatic rings. The smallest absolute Gasteiger partial charge is 0.224 e. The van der Waals surface area contributed by atoms with Crippen molar-refractivity contribution >= 4 is 23.7 Å². The van der Waals surface area contributed by atoms with Crippen LogP contribution >= 0.6 is 0 Å². The molecule has 0 atom stereocenters. The number of amides is 1. The van der Waals surface area contributed by atoms with Crippen LogP contribution in [0.2, 0.25) is 0 Å². The number of hydrogen-bond donors (Lipinski definition) is 3. The third kappa shape index (κ3) is 11.1. The molecular weight excluding hydrogens is 508 g/mol. The number of benzene rings is 2. The van der Waals surface area contributed by atoms with Crippen LogP contribution < -0.4 is 15.4 Å². The summed E-state index contributed by atoms with van der Waals surface area (Å²) in [4.78, 5) is 17.8. The molecule has 4 rings (SSSR count). The van der Waals surface area contributed by atoms with Crippen molar-refractivity contribution in [2.75, 3.05) is 39.6 Å². The summed E-state index contributed by atoms with van der Waals surface area (Å²) in [7, 11) is 5.63. The zero-order valence-electron chi connectivity index (χ0n) is 25.9. The van der Waals surface area contributed by atoms with Gasteiger partial charge in [0.1, 0.15) is 5.75 Å². The number of nitrogens with zero attached hydrogens (tertiary/aromatic N) is 1. The van der Waals surface area contributed by atoms with Gasteiger partial charge in [-0.25, -0.2) is 0 Å². The summed E-state index contributed by atoms with van der Waals surface area (Å²) < 4.78 is 5.38. The number of methoxy groups -OCH3 is 1. The van der Waals surface area contributed by atoms with Crippen LogP contribution in [0.5, 0.6) is 5.75 Å². The lowest BCUT2D eigenvalue weighted by atomic mass is 9.90. The van der Waals surface area contributed by atoms with E-state index >= 15 is 0 Å². The fourth-order valence-corrected chi connectivity index (χ4v) is 4.89. The Kier molecular flexibility index (Phi) is 15.3. The highest BCUT2D eigenvalue weighted by Crippen LogP contribution is 2.27. The summed E-state index contributed by atoms with van der Waals surface area (Å²) in [6.07, 6.45) is 11.4. The first-order valence-corrected chi connectivity index (χ1v) is 14.8. The molecule has 1 fully saturated rings. The van der Waals surface area contributed by atoms with Crippen molar-refractivity contribution in [2.45, 2.75) is 58.9 Å². The predicted octanol–water partition coefficient (Wildman–Crippen LogP) is 7.51. The second-order valence-electron chi connectivity index (χ2n) is 10.1. The van der Waals surface area contributed by atoms with E-state index in [0.717, 1.165) is 34.8 Å². The molecule has 0 spiro atoms. The van der Waals surface area contributed by atoms with Gasteiger partial charge in [0.05, 0.1) is 12.8 Å². The molecule has 0 unspecified atom stereocenters. The van der Waals surface area contributed by atoms with E-state index in [1.165, 1.54) is 31.5 Å². The van der Waals surface area contributed by atoms with E-state index in [-0.39, 0.29) is 5.91 Å². The van der Waals surface area contributed by atoms with Gasteiger partial charge in [-0.3, -0.25) is 4.79 Å². The molecule has 1 aromatic heterocycles. The van der Waals surface area contributed by atoms with Crippen LogP contribution in [0.1, 0.15) is 73.9 Å². The highest BCUT2D eigenvalue weighted by atomic mass is 16.5. The maximum Gasteiger partial charge on any atom is 0.224 e. The lowest BCUT2D eigenvalue weighted by Gasteiger charge is -2.22. The minimum Gasteiger partial charge on any atom is -0.495 e. The lowest BCUT2D eigenvalue weighted by Crippen LogP contribution is -2.26. The minimum absolute atomic E-state index is 0.0388. The van der Waals surface area contributed by atoms with Crippen molar-refractivity contribution in [3.05, 3.63) is 95.3 Å². The van der Waals surface area contributed by atoms with E-state index in [2.05, 4.69) is 57.4 Å². The van der Waals surface area contributed by atoms with Gasteiger partial charge in [-0.15, -0.1) is 0 Å². The number of aromatic nitrogens is 1. The van der Waals surface area contributed by atoms with Crippen molar-refractivity contribution in [2.24, 2.45) is 0 Å².